The lowest BCUT2D eigenvalue weighted by molar-refractivity contribution is -0.149. The van der Waals surface area contributed by atoms with Gasteiger partial charge in [0.15, 0.2) is 6.61 Å². The quantitative estimate of drug-likeness (QED) is 0.616. The summed E-state index contributed by atoms with van der Waals surface area (Å²) in [6.07, 6.45) is -0.0771. The smallest absolute Gasteiger partial charge is 0.332 e. The van der Waals surface area contributed by atoms with Crippen molar-refractivity contribution in [3.63, 3.8) is 0 Å². The molecule has 1 aromatic rings. The van der Waals surface area contributed by atoms with Crippen molar-refractivity contribution < 1.29 is 24.6 Å². The van der Waals surface area contributed by atoms with E-state index in [1.165, 1.54) is 6.07 Å². The molecule has 1 rings (SSSR count). The Morgan fingerprint density at radius 1 is 1.31 bits per heavy atom. The van der Waals surface area contributed by atoms with Crippen LogP contribution in [0, 0.1) is 0 Å². The second kappa shape index (κ2) is 5.72. The number of benzene rings is 1. The van der Waals surface area contributed by atoms with Crippen molar-refractivity contribution in [2.75, 3.05) is 6.61 Å². The number of para-hydroxylation sites is 1. The van der Waals surface area contributed by atoms with Gasteiger partial charge >= 0.3 is 5.97 Å². The number of aliphatic carboxylic acids is 1. The molecule has 16 heavy (non-hydrogen) atoms. The van der Waals surface area contributed by atoms with Crippen LogP contribution in [0.1, 0.15) is 5.56 Å². The first-order chi connectivity index (χ1) is 7.59. The molecule has 0 saturated carbocycles. The Labute approximate surface area is 91.4 Å². The predicted molar refractivity (Wildman–Crippen MR) is 53.5 cm³/mol. The Hall–Kier alpha value is -2.08. The molecule has 0 unspecified atom stereocenters. The first-order valence-corrected chi connectivity index (χ1v) is 4.49. The number of carbonyl (C=O) groups excluding carboxylic acids is 1. The third-order valence-corrected chi connectivity index (χ3v) is 1.72. The summed E-state index contributed by atoms with van der Waals surface area (Å²) in [6, 6.07) is 6.37. The lowest BCUT2D eigenvalue weighted by atomic mass is 10.1. The minimum absolute atomic E-state index is 0.0101. The highest BCUT2D eigenvalue weighted by Gasteiger charge is 2.07. The Morgan fingerprint density at radius 2 is 2.00 bits per heavy atom. The Balaban J connectivity index is 2.40. The minimum atomic E-state index is -1.18. The summed E-state index contributed by atoms with van der Waals surface area (Å²) < 4.78 is 0. The summed E-state index contributed by atoms with van der Waals surface area (Å²) in [5.41, 5.74) is 2.40. The summed E-state index contributed by atoms with van der Waals surface area (Å²) in [4.78, 5) is 25.7. The predicted octanol–water partition coefficient (Wildman–Crippen LogP) is 0.0671. The van der Waals surface area contributed by atoms with Crippen LogP contribution in [0.3, 0.4) is 0 Å². The van der Waals surface area contributed by atoms with Gasteiger partial charge in [-0.3, -0.25) is 9.63 Å². The van der Waals surface area contributed by atoms with Crippen molar-refractivity contribution in [3.05, 3.63) is 29.8 Å². The van der Waals surface area contributed by atoms with E-state index in [4.69, 9.17) is 5.11 Å². The summed E-state index contributed by atoms with van der Waals surface area (Å²) in [7, 11) is 0. The highest BCUT2D eigenvalue weighted by atomic mass is 16.7. The van der Waals surface area contributed by atoms with Crippen LogP contribution >= 0.6 is 0 Å². The maximum absolute atomic E-state index is 11.2. The monoisotopic (exact) mass is 225 g/mol. The van der Waals surface area contributed by atoms with E-state index in [1.807, 2.05) is 5.48 Å². The van der Waals surface area contributed by atoms with Gasteiger partial charge in [0, 0.05) is 5.56 Å². The fraction of sp³-hybridized carbons (Fsp3) is 0.200. The average molecular weight is 225 g/mol. The third-order valence-electron chi connectivity index (χ3n) is 1.72. The number of carboxylic acid groups (broad SMARTS) is 1. The van der Waals surface area contributed by atoms with Crippen LogP contribution in [0.25, 0.3) is 0 Å². The fourth-order valence-corrected chi connectivity index (χ4v) is 1.05. The number of phenols is 1. The first-order valence-electron chi connectivity index (χ1n) is 4.49. The molecule has 3 N–H and O–H groups in total. The molecule has 0 heterocycles. The zero-order valence-electron chi connectivity index (χ0n) is 8.34. The largest absolute Gasteiger partial charge is 0.508 e. The molecule has 0 atom stereocenters. The van der Waals surface area contributed by atoms with Crippen molar-refractivity contribution in [2.24, 2.45) is 0 Å². The van der Waals surface area contributed by atoms with Crippen LogP contribution in [0.15, 0.2) is 24.3 Å². The number of hydrogen-bond acceptors (Lipinski definition) is 4. The normalized spacial score (nSPS) is 9.75. The molecule has 86 valence electrons. The second-order valence-electron chi connectivity index (χ2n) is 3.01. The van der Waals surface area contributed by atoms with E-state index in [0.717, 1.165) is 0 Å². The van der Waals surface area contributed by atoms with Gasteiger partial charge in [0.05, 0.1) is 6.42 Å². The van der Waals surface area contributed by atoms with E-state index in [0.29, 0.717) is 5.56 Å². The van der Waals surface area contributed by atoms with E-state index < -0.39 is 18.5 Å². The topological polar surface area (TPSA) is 95.9 Å². The summed E-state index contributed by atoms with van der Waals surface area (Å²) in [5.74, 6) is -1.69. The van der Waals surface area contributed by atoms with E-state index in [9.17, 15) is 14.7 Å². The van der Waals surface area contributed by atoms with Gasteiger partial charge < -0.3 is 10.2 Å². The van der Waals surface area contributed by atoms with Crippen LogP contribution in [-0.2, 0) is 20.8 Å². The average Bonchev–Trinajstić information content (AvgIpc) is 2.21. The van der Waals surface area contributed by atoms with Crippen molar-refractivity contribution in [1.82, 2.24) is 5.48 Å². The van der Waals surface area contributed by atoms with Gasteiger partial charge in [-0.1, -0.05) is 18.2 Å². The van der Waals surface area contributed by atoms with Crippen LogP contribution in [0.2, 0.25) is 0 Å². The van der Waals surface area contributed by atoms with Gasteiger partial charge in [0.2, 0.25) is 5.91 Å². The Morgan fingerprint density at radius 3 is 2.62 bits per heavy atom. The molecule has 0 fully saturated rings. The molecule has 0 spiro atoms. The molecule has 0 aliphatic carbocycles. The highest BCUT2D eigenvalue weighted by molar-refractivity contribution is 5.78. The van der Waals surface area contributed by atoms with E-state index in [-0.39, 0.29) is 12.2 Å². The molecule has 0 aromatic heterocycles. The molecule has 0 aliphatic rings. The Bertz CT molecular complexity index is 391. The maximum Gasteiger partial charge on any atom is 0.332 e. The SMILES string of the molecule is O=C(O)CONC(=O)Cc1ccccc1O. The van der Waals surface area contributed by atoms with Crippen LogP contribution in [-0.4, -0.2) is 28.7 Å². The number of rotatable bonds is 5. The number of hydrogen-bond donors (Lipinski definition) is 3. The second-order valence-corrected chi connectivity index (χ2v) is 3.01. The molecule has 6 nitrogen and oxygen atoms in total. The standard InChI is InChI=1S/C10H11NO5/c12-8-4-2-1-3-7(8)5-9(13)11-16-6-10(14)15/h1-4,12H,5-6H2,(H,11,13)(H,14,15). The molecule has 1 amide bonds. The van der Waals surface area contributed by atoms with Crippen molar-refractivity contribution >= 4 is 11.9 Å². The third kappa shape index (κ3) is 3.97. The van der Waals surface area contributed by atoms with Crippen molar-refractivity contribution in [2.45, 2.75) is 6.42 Å². The van der Waals surface area contributed by atoms with Crippen molar-refractivity contribution in [3.8, 4) is 5.75 Å². The number of carbonyl (C=O) groups is 2. The van der Waals surface area contributed by atoms with Gasteiger partial charge in [-0.25, -0.2) is 10.3 Å². The summed E-state index contributed by atoms with van der Waals surface area (Å²) >= 11 is 0. The molecular weight excluding hydrogens is 214 g/mol. The molecule has 1 aromatic carbocycles. The van der Waals surface area contributed by atoms with Crippen molar-refractivity contribution in [1.29, 1.82) is 0 Å². The highest BCUT2D eigenvalue weighted by Crippen LogP contribution is 2.15. The number of phenolic OH excluding ortho intramolecular Hbond substituents is 1. The molecule has 0 saturated heterocycles. The van der Waals surface area contributed by atoms with Gasteiger partial charge in [-0.2, -0.15) is 0 Å². The number of nitrogens with one attached hydrogen (secondary N) is 1. The first kappa shape index (κ1) is 12.0. The zero-order chi connectivity index (χ0) is 12.0. The minimum Gasteiger partial charge on any atom is -0.508 e. The molecule has 0 aliphatic heterocycles. The van der Waals surface area contributed by atoms with E-state index >= 15 is 0 Å². The number of hydroxylamine groups is 1. The van der Waals surface area contributed by atoms with Crippen LogP contribution in [0.4, 0.5) is 0 Å². The van der Waals surface area contributed by atoms with Gasteiger partial charge in [-0.05, 0) is 6.07 Å². The zero-order valence-corrected chi connectivity index (χ0v) is 8.34. The molecule has 0 bridgehead atoms. The fourth-order valence-electron chi connectivity index (χ4n) is 1.05. The van der Waals surface area contributed by atoms with Gasteiger partial charge in [0.25, 0.3) is 0 Å². The number of carboxylic acids is 1. The molecule has 6 heteroatoms. The maximum atomic E-state index is 11.2. The lowest BCUT2D eigenvalue weighted by Crippen LogP contribution is -2.27. The number of aromatic hydroxyl groups is 1. The molecular formula is C10H11NO5. The van der Waals surface area contributed by atoms with Gasteiger partial charge in [-0.15, -0.1) is 0 Å². The summed E-state index contributed by atoms with van der Waals surface area (Å²) in [6.45, 7) is -0.605. The van der Waals surface area contributed by atoms with Crippen LogP contribution in [0.5, 0.6) is 5.75 Å². The molecule has 0 radical (unpaired) electrons. The lowest BCUT2D eigenvalue weighted by Gasteiger charge is -2.05. The van der Waals surface area contributed by atoms with Crippen LogP contribution < -0.4 is 5.48 Å². The van der Waals surface area contributed by atoms with E-state index in [2.05, 4.69) is 4.84 Å². The van der Waals surface area contributed by atoms with E-state index in [1.54, 1.807) is 18.2 Å². The van der Waals surface area contributed by atoms with Gasteiger partial charge in [0.1, 0.15) is 5.75 Å². The number of amides is 1. The summed E-state index contributed by atoms with van der Waals surface area (Å²) in [5, 5.41) is 17.6. The Kier molecular flexibility index (Phi) is 4.28.